The highest BCUT2D eigenvalue weighted by molar-refractivity contribution is 6.30. The number of anilines is 3. The van der Waals surface area contributed by atoms with Crippen LogP contribution in [0.25, 0.3) is 0 Å². The number of amides is 3. The molecule has 3 N–H and O–H groups in total. The zero-order valence-electron chi connectivity index (χ0n) is 12.3. The fraction of sp³-hybridized carbons (Fsp3) is 0.176. The molecule has 2 aromatic rings. The van der Waals surface area contributed by atoms with Gasteiger partial charge in [-0.05, 0) is 61.4 Å². The van der Waals surface area contributed by atoms with Gasteiger partial charge in [-0.1, -0.05) is 11.6 Å². The Morgan fingerprint density at radius 3 is 1.70 bits per heavy atom. The smallest absolute Gasteiger partial charge is 0.323 e. The Morgan fingerprint density at radius 2 is 1.22 bits per heavy atom. The van der Waals surface area contributed by atoms with Crippen molar-refractivity contribution in [1.82, 2.24) is 0 Å². The Morgan fingerprint density at radius 1 is 0.783 bits per heavy atom. The molecule has 0 saturated heterocycles. The van der Waals surface area contributed by atoms with Crippen molar-refractivity contribution in [3.05, 3.63) is 53.6 Å². The molecule has 3 amide bonds. The minimum Gasteiger partial charge on any atom is -0.326 e. The van der Waals surface area contributed by atoms with E-state index in [1.165, 1.54) is 0 Å². The van der Waals surface area contributed by atoms with Crippen LogP contribution >= 0.6 is 11.6 Å². The molecule has 23 heavy (non-hydrogen) atoms. The Hall–Kier alpha value is -2.53. The number of urea groups is 1. The van der Waals surface area contributed by atoms with Crippen LogP contribution < -0.4 is 16.0 Å². The molecule has 0 unspecified atom stereocenters. The maximum absolute atomic E-state index is 11.9. The van der Waals surface area contributed by atoms with E-state index in [2.05, 4.69) is 16.0 Å². The molecule has 0 aromatic heterocycles. The summed E-state index contributed by atoms with van der Waals surface area (Å²) in [7, 11) is 0. The molecule has 0 heterocycles. The van der Waals surface area contributed by atoms with Gasteiger partial charge in [0.1, 0.15) is 0 Å². The Labute approximate surface area is 139 Å². The van der Waals surface area contributed by atoms with Crippen LogP contribution in [0.3, 0.4) is 0 Å². The Bertz CT molecular complexity index is 710. The van der Waals surface area contributed by atoms with Crippen molar-refractivity contribution in [2.24, 2.45) is 5.92 Å². The van der Waals surface area contributed by atoms with Crippen LogP contribution in [0.1, 0.15) is 12.8 Å². The van der Waals surface area contributed by atoms with Crippen LogP contribution in [0.2, 0.25) is 5.02 Å². The van der Waals surface area contributed by atoms with Gasteiger partial charge in [-0.15, -0.1) is 0 Å². The molecule has 2 aromatic carbocycles. The average Bonchev–Trinajstić information content (AvgIpc) is 3.36. The minimum absolute atomic E-state index is 0.0613. The molecule has 0 spiro atoms. The topological polar surface area (TPSA) is 70.2 Å². The summed E-state index contributed by atoms with van der Waals surface area (Å²) in [5.41, 5.74) is 2.02. The molecule has 0 aliphatic heterocycles. The SMILES string of the molecule is O=C(Nc1ccc(Cl)cc1)Nc1ccc(NC(=O)C2CC2)cc1. The average molecular weight is 330 g/mol. The lowest BCUT2D eigenvalue weighted by Crippen LogP contribution is -2.19. The molecule has 5 nitrogen and oxygen atoms in total. The largest absolute Gasteiger partial charge is 0.326 e. The summed E-state index contributed by atoms with van der Waals surface area (Å²) in [4.78, 5) is 23.6. The molecule has 1 aliphatic carbocycles. The number of nitrogens with one attached hydrogen (secondary N) is 3. The van der Waals surface area contributed by atoms with Gasteiger partial charge in [0.2, 0.25) is 5.91 Å². The molecule has 6 heteroatoms. The van der Waals surface area contributed by atoms with E-state index < -0.39 is 0 Å². The monoisotopic (exact) mass is 329 g/mol. The first-order valence-corrected chi connectivity index (χ1v) is 7.72. The molecular weight excluding hydrogens is 314 g/mol. The van der Waals surface area contributed by atoms with Gasteiger partial charge in [0.25, 0.3) is 0 Å². The van der Waals surface area contributed by atoms with Gasteiger partial charge in [0.15, 0.2) is 0 Å². The maximum atomic E-state index is 11.9. The lowest BCUT2D eigenvalue weighted by Gasteiger charge is -2.09. The number of hydrogen-bond donors (Lipinski definition) is 3. The fourth-order valence-corrected chi connectivity index (χ4v) is 2.18. The lowest BCUT2D eigenvalue weighted by molar-refractivity contribution is -0.117. The van der Waals surface area contributed by atoms with E-state index in [1.54, 1.807) is 48.5 Å². The number of benzene rings is 2. The first kappa shape index (κ1) is 15.4. The molecule has 0 bridgehead atoms. The number of carbonyl (C=O) groups excluding carboxylic acids is 2. The second-order valence-electron chi connectivity index (χ2n) is 5.43. The number of rotatable bonds is 4. The summed E-state index contributed by atoms with van der Waals surface area (Å²) < 4.78 is 0. The van der Waals surface area contributed by atoms with Gasteiger partial charge in [0, 0.05) is 28.0 Å². The standard InChI is InChI=1S/C17H16ClN3O2/c18-12-3-5-14(6-4-12)20-17(23)21-15-9-7-13(8-10-15)19-16(22)11-1-2-11/h3-11H,1-2H2,(H,19,22)(H2,20,21,23). The third-order valence-corrected chi connectivity index (χ3v) is 3.71. The van der Waals surface area contributed by atoms with Crippen LogP contribution in [0.5, 0.6) is 0 Å². The van der Waals surface area contributed by atoms with E-state index in [0.29, 0.717) is 16.4 Å². The van der Waals surface area contributed by atoms with Crippen LogP contribution in [0, 0.1) is 5.92 Å². The van der Waals surface area contributed by atoms with Crippen molar-refractivity contribution in [3.8, 4) is 0 Å². The van der Waals surface area contributed by atoms with Gasteiger partial charge in [-0.3, -0.25) is 4.79 Å². The van der Waals surface area contributed by atoms with E-state index in [-0.39, 0.29) is 17.9 Å². The predicted molar refractivity (Wildman–Crippen MR) is 91.9 cm³/mol. The third-order valence-electron chi connectivity index (χ3n) is 3.46. The lowest BCUT2D eigenvalue weighted by atomic mass is 10.2. The fourth-order valence-electron chi connectivity index (χ4n) is 2.05. The van der Waals surface area contributed by atoms with E-state index in [0.717, 1.165) is 18.5 Å². The zero-order chi connectivity index (χ0) is 16.2. The van der Waals surface area contributed by atoms with Crippen molar-refractivity contribution in [2.45, 2.75) is 12.8 Å². The van der Waals surface area contributed by atoms with Gasteiger partial charge in [-0.25, -0.2) is 4.79 Å². The Kier molecular flexibility index (Phi) is 4.48. The number of hydrogen-bond acceptors (Lipinski definition) is 2. The first-order chi connectivity index (χ1) is 11.1. The highest BCUT2D eigenvalue weighted by Crippen LogP contribution is 2.30. The second kappa shape index (κ2) is 6.71. The number of halogens is 1. The van der Waals surface area contributed by atoms with Crippen molar-refractivity contribution < 1.29 is 9.59 Å². The summed E-state index contributed by atoms with van der Waals surface area (Å²) in [6.45, 7) is 0. The highest BCUT2D eigenvalue weighted by Gasteiger charge is 2.29. The first-order valence-electron chi connectivity index (χ1n) is 7.35. The van der Waals surface area contributed by atoms with Gasteiger partial charge in [-0.2, -0.15) is 0 Å². The third kappa shape index (κ3) is 4.47. The predicted octanol–water partition coefficient (Wildman–Crippen LogP) is 4.33. The molecule has 1 fully saturated rings. The van der Waals surface area contributed by atoms with Crippen LogP contribution in [0.15, 0.2) is 48.5 Å². The van der Waals surface area contributed by atoms with Crippen molar-refractivity contribution in [2.75, 3.05) is 16.0 Å². The molecule has 0 radical (unpaired) electrons. The second-order valence-corrected chi connectivity index (χ2v) is 5.86. The van der Waals surface area contributed by atoms with Crippen LogP contribution in [-0.4, -0.2) is 11.9 Å². The van der Waals surface area contributed by atoms with Crippen LogP contribution in [0.4, 0.5) is 21.9 Å². The molecule has 0 atom stereocenters. The molecule has 3 rings (SSSR count). The van der Waals surface area contributed by atoms with Gasteiger partial charge < -0.3 is 16.0 Å². The van der Waals surface area contributed by atoms with E-state index in [1.807, 2.05) is 0 Å². The summed E-state index contributed by atoms with van der Waals surface area (Å²) in [5.74, 6) is 0.226. The van der Waals surface area contributed by atoms with Gasteiger partial charge >= 0.3 is 6.03 Å². The summed E-state index contributed by atoms with van der Waals surface area (Å²) >= 11 is 5.79. The van der Waals surface area contributed by atoms with Crippen LogP contribution in [-0.2, 0) is 4.79 Å². The molecule has 1 saturated carbocycles. The molecule has 1 aliphatic rings. The highest BCUT2D eigenvalue weighted by atomic mass is 35.5. The minimum atomic E-state index is -0.345. The van der Waals surface area contributed by atoms with Crippen molar-refractivity contribution in [3.63, 3.8) is 0 Å². The van der Waals surface area contributed by atoms with Gasteiger partial charge in [0.05, 0.1) is 0 Å². The molecule has 118 valence electrons. The van der Waals surface area contributed by atoms with Crippen molar-refractivity contribution >= 4 is 40.6 Å². The quantitative estimate of drug-likeness (QED) is 0.781. The van der Waals surface area contributed by atoms with E-state index in [4.69, 9.17) is 11.6 Å². The summed E-state index contributed by atoms with van der Waals surface area (Å²) in [6.07, 6.45) is 1.94. The molecular formula is C17H16ClN3O2. The van der Waals surface area contributed by atoms with E-state index >= 15 is 0 Å². The number of carbonyl (C=O) groups is 2. The maximum Gasteiger partial charge on any atom is 0.323 e. The summed E-state index contributed by atoms with van der Waals surface area (Å²) in [6, 6.07) is 13.5. The van der Waals surface area contributed by atoms with E-state index in [9.17, 15) is 9.59 Å². The van der Waals surface area contributed by atoms with Crippen molar-refractivity contribution in [1.29, 1.82) is 0 Å². The normalized spacial score (nSPS) is 13.3. The summed E-state index contributed by atoms with van der Waals surface area (Å²) in [5, 5.41) is 8.89. The zero-order valence-corrected chi connectivity index (χ0v) is 13.1. The Balaban J connectivity index is 1.53.